The summed E-state index contributed by atoms with van der Waals surface area (Å²) < 4.78 is 0. The second kappa shape index (κ2) is 8.46. The van der Waals surface area contributed by atoms with E-state index in [-0.39, 0.29) is 12.8 Å². The van der Waals surface area contributed by atoms with Crippen molar-refractivity contribution in [2.45, 2.75) is 25.0 Å². The predicted molar refractivity (Wildman–Crippen MR) is 74.9 cm³/mol. The fraction of sp³-hybridized carbons (Fsp3) is 0.286. The molecule has 0 fully saturated rings. The standard InChI is InChI=1S/C14H15N3O5/c15-16-8-10(18)6-7-11(14(21)22)17-13(20)12(19)9-4-2-1-3-5-9/h1-5,8,11-12,19H,6-7H2,(H,17,20)(H,21,22). The summed E-state index contributed by atoms with van der Waals surface area (Å²) in [6, 6.07) is 6.70. The smallest absolute Gasteiger partial charge is 0.326 e. The van der Waals surface area contributed by atoms with Crippen LogP contribution in [0.5, 0.6) is 0 Å². The van der Waals surface area contributed by atoms with Crippen molar-refractivity contribution in [3.05, 3.63) is 41.4 Å². The average Bonchev–Trinajstić information content (AvgIpc) is 2.51. The molecule has 0 saturated carbocycles. The number of Topliss-reactive ketones (excluding diaryl/α,β-unsaturated/α-hetero) is 1. The third-order valence-corrected chi connectivity index (χ3v) is 2.86. The van der Waals surface area contributed by atoms with Gasteiger partial charge < -0.3 is 21.1 Å². The van der Waals surface area contributed by atoms with Crippen LogP contribution in [0, 0.1) is 0 Å². The zero-order valence-electron chi connectivity index (χ0n) is 11.5. The molecule has 0 aliphatic heterocycles. The molecule has 1 amide bonds. The van der Waals surface area contributed by atoms with Crippen LogP contribution in [0.1, 0.15) is 24.5 Å². The highest BCUT2D eigenvalue weighted by Crippen LogP contribution is 2.12. The monoisotopic (exact) mass is 305 g/mol. The van der Waals surface area contributed by atoms with Crippen molar-refractivity contribution >= 4 is 23.9 Å². The van der Waals surface area contributed by atoms with Crippen LogP contribution in [-0.4, -0.2) is 44.9 Å². The maximum atomic E-state index is 11.9. The molecule has 8 nitrogen and oxygen atoms in total. The summed E-state index contributed by atoms with van der Waals surface area (Å²) in [5, 5.41) is 21.0. The zero-order chi connectivity index (χ0) is 16.5. The van der Waals surface area contributed by atoms with Crippen LogP contribution in [0.25, 0.3) is 5.53 Å². The largest absolute Gasteiger partial charge is 0.480 e. The highest BCUT2D eigenvalue weighted by Gasteiger charge is 2.25. The molecule has 116 valence electrons. The van der Waals surface area contributed by atoms with Crippen LogP contribution >= 0.6 is 0 Å². The van der Waals surface area contributed by atoms with Gasteiger partial charge in [0.15, 0.2) is 6.10 Å². The van der Waals surface area contributed by atoms with E-state index < -0.39 is 29.8 Å². The lowest BCUT2D eigenvalue weighted by Gasteiger charge is -2.16. The Kier molecular flexibility index (Phi) is 6.62. The molecule has 0 aliphatic carbocycles. The summed E-state index contributed by atoms with van der Waals surface area (Å²) in [7, 11) is 0. The Bertz CT molecular complexity index is 596. The van der Waals surface area contributed by atoms with E-state index >= 15 is 0 Å². The van der Waals surface area contributed by atoms with Crippen LogP contribution < -0.4 is 5.32 Å². The summed E-state index contributed by atoms with van der Waals surface area (Å²) >= 11 is 0. The van der Waals surface area contributed by atoms with Crippen LogP contribution in [0.15, 0.2) is 30.3 Å². The summed E-state index contributed by atoms with van der Waals surface area (Å²) in [6.45, 7) is 0. The summed E-state index contributed by atoms with van der Waals surface area (Å²) in [5.41, 5.74) is 8.51. The SMILES string of the molecule is [N-]=[N+]=CC(=O)CCC(NC(=O)C(O)c1ccccc1)C(=O)O. The first-order chi connectivity index (χ1) is 10.5. The van der Waals surface area contributed by atoms with E-state index in [1.807, 2.05) is 0 Å². The van der Waals surface area contributed by atoms with E-state index in [1.165, 1.54) is 12.1 Å². The number of aliphatic hydroxyl groups is 1. The van der Waals surface area contributed by atoms with Gasteiger partial charge in [0.05, 0.1) is 0 Å². The van der Waals surface area contributed by atoms with Crippen LogP contribution in [0.4, 0.5) is 0 Å². The normalized spacial score (nSPS) is 12.6. The minimum Gasteiger partial charge on any atom is -0.480 e. The zero-order valence-corrected chi connectivity index (χ0v) is 11.5. The number of aliphatic hydroxyl groups excluding tert-OH is 1. The van der Waals surface area contributed by atoms with Gasteiger partial charge in [-0.25, -0.2) is 4.79 Å². The van der Waals surface area contributed by atoms with Crippen molar-refractivity contribution in [2.24, 2.45) is 0 Å². The molecular weight excluding hydrogens is 290 g/mol. The van der Waals surface area contributed by atoms with Gasteiger partial charge in [0.25, 0.3) is 5.91 Å². The Morgan fingerprint density at radius 3 is 2.45 bits per heavy atom. The Hall–Kier alpha value is -2.83. The van der Waals surface area contributed by atoms with E-state index in [0.29, 0.717) is 11.8 Å². The highest BCUT2D eigenvalue weighted by atomic mass is 16.4. The summed E-state index contributed by atoms with van der Waals surface area (Å²) in [5.74, 6) is -2.78. The van der Waals surface area contributed by atoms with Gasteiger partial charge in [-0.15, -0.1) is 0 Å². The molecule has 0 heterocycles. The lowest BCUT2D eigenvalue weighted by atomic mass is 10.1. The van der Waals surface area contributed by atoms with Crippen molar-refractivity contribution < 1.29 is 29.4 Å². The second-order valence-corrected chi connectivity index (χ2v) is 4.46. The maximum absolute atomic E-state index is 11.9. The molecule has 8 heteroatoms. The molecule has 2 unspecified atom stereocenters. The van der Waals surface area contributed by atoms with Gasteiger partial charge in [0.1, 0.15) is 6.04 Å². The molecule has 0 saturated heterocycles. The maximum Gasteiger partial charge on any atom is 0.326 e. The number of carboxylic acids is 1. The van der Waals surface area contributed by atoms with Gasteiger partial charge in [0.2, 0.25) is 5.78 Å². The molecule has 1 aromatic carbocycles. The number of ketones is 1. The number of aliphatic carboxylic acids is 1. The van der Waals surface area contributed by atoms with E-state index in [9.17, 15) is 19.5 Å². The molecule has 2 atom stereocenters. The summed E-state index contributed by atoms with van der Waals surface area (Å²) in [4.78, 5) is 36.6. The molecule has 1 rings (SSSR count). The first-order valence-electron chi connectivity index (χ1n) is 6.42. The van der Waals surface area contributed by atoms with Gasteiger partial charge in [-0.3, -0.25) is 9.59 Å². The van der Waals surface area contributed by atoms with Crippen LogP contribution in [0.2, 0.25) is 0 Å². The number of carboxylic acid groups (broad SMARTS) is 1. The molecule has 1 aromatic rings. The number of carbonyl (C=O) groups excluding carboxylic acids is 2. The molecule has 3 N–H and O–H groups in total. The van der Waals surface area contributed by atoms with Crippen molar-refractivity contribution in [1.29, 1.82) is 0 Å². The Balaban J connectivity index is 2.66. The van der Waals surface area contributed by atoms with E-state index in [1.54, 1.807) is 18.2 Å². The molecular formula is C14H15N3O5. The highest BCUT2D eigenvalue weighted by molar-refractivity contribution is 6.25. The fourth-order valence-corrected chi connectivity index (χ4v) is 1.71. The van der Waals surface area contributed by atoms with Crippen LogP contribution in [0.3, 0.4) is 0 Å². The Morgan fingerprint density at radius 1 is 1.27 bits per heavy atom. The van der Waals surface area contributed by atoms with E-state index in [0.717, 1.165) is 0 Å². The van der Waals surface area contributed by atoms with Gasteiger partial charge >= 0.3 is 12.2 Å². The molecule has 0 radical (unpaired) electrons. The quantitative estimate of drug-likeness (QED) is 0.350. The molecule has 0 bridgehead atoms. The van der Waals surface area contributed by atoms with Gasteiger partial charge in [-0.1, -0.05) is 30.3 Å². The van der Waals surface area contributed by atoms with Crippen molar-refractivity contribution in [3.8, 4) is 0 Å². The number of benzene rings is 1. The Labute approximate surface area is 126 Å². The minimum atomic E-state index is -1.50. The third-order valence-electron chi connectivity index (χ3n) is 2.86. The number of hydrogen-bond acceptors (Lipinski definition) is 4. The Morgan fingerprint density at radius 2 is 1.91 bits per heavy atom. The van der Waals surface area contributed by atoms with E-state index in [4.69, 9.17) is 10.6 Å². The molecule has 22 heavy (non-hydrogen) atoms. The molecule has 0 aromatic heterocycles. The lowest BCUT2D eigenvalue weighted by Crippen LogP contribution is -2.43. The first kappa shape index (κ1) is 17.2. The van der Waals surface area contributed by atoms with Gasteiger partial charge in [-0.2, -0.15) is 4.79 Å². The van der Waals surface area contributed by atoms with Crippen molar-refractivity contribution in [3.63, 3.8) is 0 Å². The fourth-order valence-electron chi connectivity index (χ4n) is 1.71. The summed E-state index contributed by atoms with van der Waals surface area (Å²) in [6.07, 6.45) is -1.26. The number of rotatable bonds is 8. The minimum absolute atomic E-state index is 0.187. The average molecular weight is 305 g/mol. The molecule has 0 aliphatic rings. The van der Waals surface area contributed by atoms with Crippen LogP contribution in [-0.2, 0) is 14.4 Å². The predicted octanol–water partition coefficient (Wildman–Crippen LogP) is -0.0607. The van der Waals surface area contributed by atoms with Gasteiger partial charge in [-0.05, 0) is 12.0 Å². The number of nitrogens with one attached hydrogen (secondary N) is 1. The molecule has 0 spiro atoms. The second-order valence-electron chi connectivity index (χ2n) is 4.46. The number of amides is 1. The van der Waals surface area contributed by atoms with Crippen molar-refractivity contribution in [1.82, 2.24) is 5.32 Å². The van der Waals surface area contributed by atoms with E-state index in [2.05, 4.69) is 10.1 Å². The third kappa shape index (κ3) is 5.28. The number of hydrogen-bond donors (Lipinski definition) is 3. The van der Waals surface area contributed by atoms with Gasteiger partial charge in [0, 0.05) is 6.42 Å². The number of carbonyl (C=O) groups is 3. The topological polar surface area (TPSA) is 140 Å². The first-order valence-corrected chi connectivity index (χ1v) is 6.42. The van der Waals surface area contributed by atoms with Crippen molar-refractivity contribution in [2.75, 3.05) is 0 Å². The lowest BCUT2D eigenvalue weighted by molar-refractivity contribution is -0.143. The number of nitrogens with zero attached hydrogens (tertiary/aromatic N) is 2.